The van der Waals surface area contributed by atoms with Gasteiger partial charge in [-0.3, -0.25) is 9.59 Å². The lowest BCUT2D eigenvalue weighted by molar-refractivity contribution is -0.147. The predicted molar refractivity (Wildman–Crippen MR) is 151 cm³/mol. The summed E-state index contributed by atoms with van der Waals surface area (Å²) >= 11 is 0. The summed E-state index contributed by atoms with van der Waals surface area (Å²) in [5.41, 5.74) is 0. The van der Waals surface area contributed by atoms with Gasteiger partial charge in [-0.1, -0.05) is 142 Å². The molecule has 0 heterocycles. The van der Waals surface area contributed by atoms with Crippen LogP contribution in [-0.4, -0.2) is 23.1 Å². The minimum Gasteiger partial charge on any atom is -0.481 e. The summed E-state index contributed by atoms with van der Waals surface area (Å²) in [6, 6.07) is 0. The van der Waals surface area contributed by atoms with E-state index in [1.807, 2.05) is 13.8 Å². The molecule has 0 bridgehead atoms. The Morgan fingerprint density at radius 2 is 0.800 bits per heavy atom. The first-order valence-electron chi connectivity index (χ1n) is 15.3. The van der Waals surface area contributed by atoms with Crippen molar-refractivity contribution in [3.05, 3.63) is 0 Å². The smallest absolute Gasteiger partial charge is 0.306 e. The molecule has 0 saturated heterocycles. The Morgan fingerprint density at radius 3 is 1.09 bits per heavy atom. The van der Waals surface area contributed by atoms with E-state index in [9.17, 15) is 9.59 Å². The first-order valence-corrected chi connectivity index (χ1v) is 15.3. The molecule has 0 radical (unpaired) electrons. The Hall–Kier alpha value is -1.06. The highest BCUT2D eigenvalue weighted by Crippen LogP contribution is 2.13. The van der Waals surface area contributed by atoms with Gasteiger partial charge < -0.3 is 9.84 Å². The maximum atomic E-state index is 11.3. The van der Waals surface area contributed by atoms with E-state index in [1.165, 1.54) is 122 Å². The largest absolute Gasteiger partial charge is 0.481 e. The number of rotatable bonds is 25. The third-order valence-corrected chi connectivity index (χ3v) is 6.35. The number of carboxylic acid groups (broad SMARTS) is 1. The van der Waals surface area contributed by atoms with Gasteiger partial charge in [-0.05, 0) is 26.7 Å². The van der Waals surface area contributed by atoms with Gasteiger partial charge in [0.15, 0.2) is 0 Å². The van der Waals surface area contributed by atoms with Crippen molar-refractivity contribution < 1.29 is 19.4 Å². The number of ether oxygens (including phenoxy) is 1. The molecular formula is C31H62O4. The van der Waals surface area contributed by atoms with Crippen LogP contribution in [-0.2, 0) is 14.3 Å². The second-order valence-electron chi connectivity index (χ2n) is 10.5. The quantitative estimate of drug-likeness (QED) is 0.100. The second kappa shape index (κ2) is 31.0. The van der Waals surface area contributed by atoms with E-state index >= 15 is 0 Å². The van der Waals surface area contributed by atoms with Crippen LogP contribution in [0.5, 0.6) is 0 Å². The molecule has 0 fully saturated rings. The normalized spacial score (nSPS) is 10.8. The maximum absolute atomic E-state index is 11.3. The number of hydrogen-bond donors (Lipinski definition) is 1. The molecule has 35 heavy (non-hydrogen) atoms. The zero-order valence-electron chi connectivity index (χ0n) is 24.2. The molecule has 0 aromatic heterocycles. The van der Waals surface area contributed by atoms with E-state index in [1.54, 1.807) is 0 Å². The highest BCUT2D eigenvalue weighted by molar-refractivity contribution is 5.69. The SMILES string of the molecule is CCCCCCCCCCCC(=O)O.CCCCCCCCCCCCCCCC(=O)OC(C)C. The summed E-state index contributed by atoms with van der Waals surface area (Å²) in [5, 5.41) is 8.41. The molecule has 4 nitrogen and oxygen atoms in total. The summed E-state index contributed by atoms with van der Waals surface area (Å²) in [6.07, 6.45) is 29.5. The number of carbonyl (C=O) groups excluding carboxylic acids is 1. The number of hydrogen-bond acceptors (Lipinski definition) is 3. The van der Waals surface area contributed by atoms with Crippen LogP contribution in [0.3, 0.4) is 0 Å². The molecule has 0 aliphatic carbocycles. The molecule has 4 heteroatoms. The van der Waals surface area contributed by atoms with E-state index < -0.39 is 5.97 Å². The fraction of sp³-hybridized carbons (Fsp3) is 0.935. The number of carboxylic acids is 1. The lowest BCUT2D eigenvalue weighted by Crippen LogP contribution is -2.10. The fourth-order valence-electron chi connectivity index (χ4n) is 4.20. The van der Waals surface area contributed by atoms with Crippen molar-refractivity contribution in [1.82, 2.24) is 0 Å². The summed E-state index contributed by atoms with van der Waals surface area (Å²) in [6.45, 7) is 8.31. The lowest BCUT2D eigenvalue weighted by Gasteiger charge is -2.07. The molecule has 0 spiro atoms. The van der Waals surface area contributed by atoms with Gasteiger partial charge in [-0.25, -0.2) is 0 Å². The van der Waals surface area contributed by atoms with Gasteiger partial charge in [0.2, 0.25) is 0 Å². The van der Waals surface area contributed by atoms with Gasteiger partial charge in [0.1, 0.15) is 0 Å². The van der Waals surface area contributed by atoms with E-state index in [0.29, 0.717) is 12.8 Å². The summed E-state index contributed by atoms with van der Waals surface area (Å²) in [4.78, 5) is 21.5. The van der Waals surface area contributed by atoms with Gasteiger partial charge in [-0.15, -0.1) is 0 Å². The first kappa shape index (κ1) is 36.1. The van der Waals surface area contributed by atoms with Crippen LogP contribution in [0, 0.1) is 0 Å². The monoisotopic (exact) mass is 498 g/mol. The van der Waals surface area contributed by atoms with Crippen LogP contribution in [0.4, 0.5) is 0 Å². The average molecular weight is 499 g/mol. The Morgan fingerprint density at radius 1 is 0.514 bits per heavy atom. The third-order valence-electron chi connectivity index (χ3n) is 6.35. The average Bonchev–Trinajstić information content (AvgIpc) is 2.81. The zero-order chi connectivity index (χ0) is 26.4. The van der Waals surface area contributed by atoms with Crippen molar-refractivity contribution in [2.75, 3.05) is 0 Å². The van der Waals surface area contributed by atoms with Crippen LogP contribution in [0.15, 0.2) is 0 Å². The highest BCUT2D eigenvalue weighted by atomic mass is 16.5. The summed E-state index contributed by atoms with van der Waals surface area (Å²) in [7, 11) is 0. The molecule has 1 N–H and O–H groups in total. The molecule has 0 saturated carbocycles. The van der Waals surface area contributed by atoms with E-state index in [-0.39, 0.29) is 12.1 Å². The standard InChI is InChI=1S/C19H38O2.C12H24O2/c1-4-5-6-7-8-9-10-11-12-13-14-15-16-17-19(20)21-18(2)3;1-2-3-4-5-6-7-8-9-10-11-12(13)14/h18H,4-17H2,1-3H3;2-11H2,1H3,(H,13,14). The molecule has 0 aliphatic heterocycles. The number of carbonyl (C=O) groups is 2. The van der Waals surface area contributed by atoms with Crippen LogP contribution < -0.4 is 0 Å². The van der Waals surface area contributed by atoms with E-state index in [2.05, 4.69) is 13.8 Å². The van der Waals surface area contributed by atoms with Crippen LogP contribution in [0.2, 0.25) is 0 Å². The minimum absolute atomic E-state index is 0.0273. The van der Waals surface area contributed by atoms with Crippen LogP contribution in [0.1, 0.15) is 182 Å². The molecule has 0 aromatic rings. The Labute approximate surface area is 219 Å². The Balaban J connectivity index is 0. The molecule has 0 aliphatic rings. The first-order chi connectivity index (χ1) is 16.9. The van der Waals surface area contributed by atoms with Crippen molar-refractivity contribution in [2.45, 2.75) is 188 Å². The fourth-order valence-corrected chi connectivity index (χ4v) is 4.20. The van der Waals surface area contributed by atoms with Gasteiger partial charge in [-0.2, -0.15) is 0 Å². The Bertz CT molecular complexity index is 434. The van der Waals surface area contributed by atoms with Crippen molar-refractivity contribution in [1.29, 1.82) is 0 Å². The van der Waals surface area contributed by atoms with E-state index in [4.69, 9.17) is 9.84 Å². The van der Waals surface area contributed by atoms with Gasteiger partial charge in [0, 0.05) is 12.8 Å². The van der Waals surface area contributed by atoms with Gasteiger partial charge >= 0.3 is 11.9 Å². The predicted octanol–water partition coefficient (Wildman–Crippen LogP) is 10.4. The van der Waals surface area contributed by atoms with Crippen LogP contribution >= 0.6 is 0 Å². The molecule has 0 unspecified atom stereocenters. The maximum Gasteiger partial charge on any atom is 0.306 e. The van der Waals surface area contributed by atoms with Crippen LogP contribution in [0.25, 0.3) is 0 Å². The van der Waals surface area contributed by atoms with Crippen molar-refractivity contribution in [3.8, 4) is 0 Å². The molecule has 0 aromatic carbocycles. The number of unbranched alkanes of at least 4 members (excludes halogenated alkanes) is 20. The molecule has 210 valence electrons. The third kappa shape index (κ3) is 37.7. The molecule has 0 amide bonds. The number of esters is 1. The summed E-state index contributed by atoms with van der Waals surface area (Å²) < 4.78 is 5.12. The molecular weight excluding hydrogens is 436 g/mol. The lowest BCUT2D eigenvalue weighted by atomic mass is 10.0. The summed E-state index contributed by atoms with van der Waals surface area (Å²) in [5.74, 6) is -0.694. The minimum atomic E-state index is -0.659. The van der Waals surface area contributed by atoms with Crippen molar-refractivity contribution in [3.63, 3.8) is 0 Å². The zero-order valence-corrected chi connectivity index (χ0v) is 24.2. The molecule has 0 atom stereocenters. The molecule has 0 rings (SSSR count). The van der Waals surface area contributed by atoms with Gasteiger partial charge in [0.05, 0.1) is 6.10 Å². The number of aliphatic carboxylic acids is 1. The van der Waals surface area contributed by atoms with Crippen molar-refractivity contribution in [2.24, 2.45) is 0 Å². The highest BCUT2D eigenvalue weighted by Gasteiger charge is 2.04. The second-order valence-corrected chi connectivity index (χ2v) is 10.5. The Kier molecular flexibility index (Phi) is 31.9. The topological polar surface area (TPSA) is 63.6 Å². The van der Waals surface area contributed by atoms with Gasteiger partial charge in [0.25, 0.3) is 0 Å². The van der Waals surface area contributed by atoms with Crippen molar-refractivity contribution >= 4 is 11.9 Å². The van der Waals surface area contributed by atoms with E-state index in [0.717, 1.165) is 19.3 Å².